The van der Waals surface area contributed by atoms with E-state index in [0.717, 1.165) is 10.5 Å². The first-order valence-corrected chi connectivity index (χ1v) is 14.8. The molecule has 3 N–H and O–H groups in total. The van der Waals surface area contributed by atoms with Crippen molar-refractivity contribution in [2.75, 3.05) is 6.61 Å². The summed E-state index contributed by atoms with van der Waals surface area (Å²) < 4.78 is 10.7. The predicted octanol–water partition coefficient (Wildman–Crippen LogP) is 3.52. The third-order valence-electron chi connectivity index (χ3n) is 6.81. The number of benzene rings is 2. The van der Waals surface area contributed by atoms with E-state index in [-0.39, 0.29) is 13.0 Å². The topological polar surface area (TPSA) is 151 Å². The summed E-state index contributed by atoms with van der Waals surface area (Å²) in [6.45, 7) is 9.45. The number of hydrogen-bond acceptors (Lipinski definition) is 8. The maximum Gasteiger partial charge on any atom is 0.408 e. The Kier molecular flexibility index (Phi) is 14.0. The average Bonchev–Trinajstić information content (AvgIpc) is 2.98. The van der Waals surface area contributed by atoms with Crippen LogP contribution in [0, 0.1) is 5.92 Å². The smallest absolute Gasteiger partial charge is 0.408 e. The van der Waals surface area contributed by atoms with E-state index in [1.807, 2.05) is 25.1 Å². The number of carbonyl (C=O) groups excluding carboxylic acids is 5. The van der Waals surface area contributed by atoms with Gasteiger partial charge in [-0.2, -0.15) is 0 Å². The molecule has 4 atom stereocenters. The molecule has 0 saturated carbocycles. The second kappa shape index (κ2) is 17.1. The van der Waals surface area contributed by atoms with E-state index >= 15 is 0 Å². The molecule has 0 unspecified atom stereocenters. The molecule has 0 aliphatic heterocycles. The minimum absolute atomic E-state index is 0.000153. The summed E-state index contributed by atoms with van der Waals surface area (Å²) in [6, 6.07) is 14.0. The van der Waals surface area contributed by atoms with Crippen LogP contribution in [0.3, 0.4) is 0 Å². The van der Waals surface area contributed by atoms with Gasteiger partial charge in [0.25, 0.3) is 5.91 Å². The molecule has 2 aromatic carbocycles. The molecular weight excluding hydrogens is 566 g/mol. The Morgan fingerprint density at radius 1 is 0.886 bits per heavy atom. The molecule has 0 saturated heterocycles. The van der Waals surface area contributed by atoms with Crippen molar-refractivity contribution in [3.8, 4) is 0 Å². The number of ether oxygens (including phenoxy) is 2. The van der Waals surface area contributed by atoms with E-state index in [1.165, 1.54) is 6.92 Å². The molecule has 0 bridgehead atoms. The molecule has 0 aromatic heterocycles. The number of alkyl carbamates (subject to hydrolysis) is 1. The summed E-state index contributed by atoms with van der Waals surface area (Å²) in [6.07, 6.45) is -0.933. The number of carbonyl (C=O) groups is 5. The Bertz CT molecular complexity index is 1250. The number of amides is 4. The van der Waals surface area contributed by atoms with Gasteiger partial charge in [-0.3, -0.25) is 19.3 Å². The van der Waals surface area contributed by atoms with Gasteiger partial charge >= 0.3 is 12.1 Å². The van der Waals surface area contributed by atoms with Crippen LogP contribution in [-0.4, -0.2) is 70.1 Å². The quantitative estimate of drug-likeness (QED) is 0.275. The van der Waals surface area contributed by atoms with Gasteiger partial charge in [0, 0.05) is 6.42 Å². The number of nitrogens with zero attached hydrogens (tertiary/aromatic N) is 1. The van der Waals surface area contributed by atoms with E-state index in [0.29, 0.717) is 12.0 Å². The Hall–Kier alpha value is -4.25. The number of rotatable bonds is 14. The molecule has 0 aliphatic carbocycles. The highest BCUT2D eigenvalue weighted by Gasteiger charge is 2.41. The number of aliphatic hydroxyl groups is 1. The molecule has 0 fully saturated rings. The van der Waals surface area contributed by atoms with Gasteiger partial charge in [-0.15, -0.1) is 0 Å². The lowest BCUT2D eigenvalue weighted by Crippen LogP contribution is -2.61. The number of aliphatic hydroxyl groups excluding tert-OH is 1. The van der Waals surface area contributed by atoms with Gasteiger partial charge in [0.2, 0.25) is 11.8 Å². The second-order valence-electron chi connectivity index (χ2n) is 11.6. The van der Waals surface area contributed by atoms with Crippen LogP contribution in [0.1, 0.15) is 65.5 Å². The summed E-state index contributed by atoms with van der Waals surface area (Å²) >= 11 is 0. The van der Waals surface area contributed by atoms with Crippen LogP contribution >= 0.6 is 0 Å². The first-order valence-electron chi connectivity index (χ1n) is 14.8. The molecule has 44 heavy (non-hydrogen) atoms. The van der Waals surface area contributed by atoms with E-state index in [2.05, 4.69) is 10.6 Å². The third kappa shape index (κ3) is 11.4. The van der Waals surface area contributed by atoms with Crippen LogP contribution in [0.25, 0.3) is 0 Å². The molecule has 0 radical (unpaired) electrons. The summed E-state index contributed by atoms with van der Waals surface area (Å²) in [5.74, 6) is -3.58. The van der Waals surface area contributed by atoms with Crippen molar-refractivity contribution in [1.29, 1.82) is 0 Å². The number of hydrogen-bond donors (Lipinski definition) is 3. The number of esters is 1. The highest BCUT2D eigenvalue weighted by atomic mass is 16.6. The Labute approximate surface area is 259 Å². The summed E-state index contributed by atoms with van der Waals surface area (Å²) in [5.41, 5.74) is 0.559. The minimum atomic E-state index is -1.42. The number of nitrogens with one attached hydrogen (secondary N) is 2. The molecule has 0 aliphatic rings. The van der Waals surface area contributed by atoms with E-state index in [9.17, 15) is 29.1 Å². The first-order chi connectivity index (χ1) is 20.8. The van der Waals surface area contributed by atoms with Gasteiger partial charge in [0.15, 0.2) is 0 Å². The lowest BCUT2D eigenvalue weighted by Gasteiger charge is -2.35. The predicted molar refractivity (Wildman–Crippen MR) is 164 cm³/mol. The van der Waals surface area contributed by atoms with Crippen molar-refractivity contribution in [2.45, 2.75) is 91.1 Å². The van der Waals surface area contributed by atoms with E-state index in [1.54, 1.807) is 70.2 Å². The van der Waals surface area contributed by atoms with Gasteiger partial charge in [-0.05, 0) is 44.7 Å². The maximum atomic E-state index is 14.2. The van der Waals surface area contributed by atoms with Gasteiger partial charge in [-0.1, -0.05) is 80.9 Å². The van der Waals surface area contributed by atoms with Gasteiger partial charge in [0.05, 0.1) is 13.0 Å². The van der Waals surface area contributed by atoms with Crippen molar-refractivity contribution in [3.63, 3.8) is 0 Å². The highest BCUT2D eigenvalue weighted by molar-refractivity contribution is 6.03. The van der Waals surface area contributed by atoms with Crippen LogP contribution in [0.5, 0.6) is 0 Å². The van der Waals surface area contributed by atoms with Crippen molar-refractivity contribution in [1.82, 2.24) is 15.5 Å². The van der Waals surface area contributed by atoms with Crippen LogP contribution in [0.2, 0.25) is 0 Å². The fraction of sp³-hybridized carbons (Fsp3) is 0.485. The van der Waals surface area contributed by atoms with Crippen LogP contribution in [0.4, 0.5) is 4.79 Å². The van der Waals surface area contributed by atoms with Crippen LogP contribution in [0.15, 0.2) is 60.7 Å². The van der Waals surface area contributed by atoms with Crippen molar-refractivity contribution in [2.24, 2.45) is 5.92 Å². The normalized spacial score (nSPS) is 13.9. The lowest BCUT2D eigenvalue weighted by atomic mass is 9.95. The molecule has 0 spiro atoms. The SMILES string of the molecule is CC[C@H](C)[C@@H](NC(=O)OC(C)(C)C)C(=O)N(C(=O)CCO)[C@@H](Cc1ccccc1)C(=O)N[C@@H](C)C(=O)OCc1ccccc1. The fourth-order valence-corrected chi connectivity index (χ4v) is 4.29. The minimum Gasteiger partial charge on any atom is -0.459 e. The molecule has 2 rings (SSSR count). The average molecular weight is 612 g/mol. The van der Waals surface area contributed by atoms with Gasteiger partial charge < -0.3 is 25.2 Å². The van der Waals surface area contributed by atoms with Gasteiger partial charge in [0.1, 0.15) is 30.3 Å². The molecule has 11 heteroatoms. The molecule has 2 aromatic rings. The largest absolute Gasteiger partial charge is 0.459 e. The van der Waals surface area contributed by atoms with Crippen LogP contribution in [-0.2, 0) is 41.7 Å². The maximum absolute atomic E-state index is 14.2. The monoisotopic (exact) mass is 611 g/mol. The summed E-state index contributed by atoms with van der Waals surface area (Å²) in [5, 5.41) is 14.8. The zero-order valence-corrected chi connectivity index (χ0v) is 26.4. The van der Waals surface area contributed by atoms with Crippen molar-refractivity contribution < 1.29 is 38.6 Å². The molecule has 0 heterocycles. The van der Waals surface area contributed by atoms with Gasteiger partial charge in [-0.25, -0.2) is 9.59 Å². The van der Waals surface area contributed by atoms with Crippen LogP contribution < -0.4 is 10.6 Å². The summed E-state index contributed by atoms with van der Waals surface area (Å²) in [4.78, 5) is 67.7. The molecule has 11 nitrogen and oxygen atoms in total. The number of imide groups is 1. The fourth-order valence-electron chi connectivity index (χ4n) is 4.29. The standard InChI is InChI=1S/C33H45N3O8/c1-7-22(2)28(35-32(42)44-33(4,5)6)30(40)36(27(38)18-19-37)26(20-24-14-10-8-11-15-24)29(39)34-23(3)31(41)43-21-25-16-12-9-13-17-25/h8-17,22-23,26,28,37H,7,18-21H2,1-6H3,(H,34,39)(H,35,42)/t22-,23-,26-,28+/m0/s1. The zero-order valence-electron chi connectivity index (χ0n) is 26.4. The molecule has 240 valence electrons. The Morgan fingerprint density at radius 2 is 1.45 bits per heavy atom. The van der Waals surface area contributed by atoms with Crippen molar-refractivity contribution in [3.05, 3.63) is 71.8 Å². The molecule has 4 amide bonds. The third-order valence-corrected chi connectivity index (χ3v) is 6.81. The second-order valence-corrected chi connectivity index (χ2v) is 11.6. The Morgan fingerprint density at radius 3 is 1.98 bits per heavy atom. The van der Waals surface area contributed by atoms with Crippen molar-refractivity contribution >= 4 is 29.8 Å². The lowest BCUT2D eigenvalue weighted by molar-refractivity contribution is -0.155. The first kappa shape index (κ1) is 35.9. The zero-order chi connectivity index (χ0) is 32.9. The Balaban J connectivity index is 2.43. The van der Waals surface area contributed by atoms with E-state index < -0.39 is 72.5 Å². The van der Waals surface area contributed by atoms with E-state index in [4.69, 9.17) is 9.47 Å². The summed E-state index contributed by atoms with van der Waals surface area (Å²) in [7, 11) is 0. The highest BCUT2D eigenvalue weighted by Crippen LogP contribution is 2.19. The molecular formula is C33H45N3O8.